The van der Waals surface area contributed by atoms with E-state index in [1.54, 1.807) is 0 Å². The highest BCUT2D eigenvalue weighted by molar-refractivity contribution is 5.94. The van der Waals surface area contributed by atoms with Gasteiger partial charge in [0.1, 0.15) is 11.5 Å². The van der Waals surface area contributed by atoms with Gasteiger partial charge in [-0.3, -0.25) is 4.79 Å². The third kappa shape index (κ3) is 7.33. The zero-order chi connectivity index (χ0) is 24.5. The van der Waals surface area contributed by atoms with Crippen LogP contribution in [0.25, 0.3) is 0 Å². The van der Waals surface area contributed by atoms with E-state index in [-0.39, 0.29) is 5.91 Å². The van der Waals surface area contributed by atoms with E-state index < -0.39 is 0 Å². The predicted molar refractivity (Wildman–Crippen MR) is 140 cm³/mol. The molecule has 184 valence electrons. The lowest BCUT2D eigenvalue weighted by Gasteiger charge is -2.19. The van der Waals surface area contributed by atoms with E-state index in [1.807, 2.05) is 49.4 Å². The first-order valence-electron chi connectivity index (χ1n) is 12.6. The molecule has 0 fully saturated rings. The molecule has 0 saturated carbocycles. The molecule has 5 nitrogen and oxygen atoms in total. The minimum absolute atomic E-state index is 0.0866. The lowest BCUT2D eigenvalue weighted by atomic mass is 9.99. The van der Waals surface area contributed by atoms with Crippen LogP contribution < -0.4 is 14.8 Å². The van der Waals surface area contributed by atoms with Gasteiger partial charge in [0.15, 0.2) is 0 Å². The molecule has 5 heteroatoms. The quantitative estimate of drug-likeness (QED) is 0.525. The Labute approximate surface area is 209 Å². The van der Waals surface area contributed by atoms with Crippen LogP contribution in [0, 0.1) is 0 Å². The SMILES string of the molecule is CCOc1ccc(CNC(=O)c2ccc3c(c2)Cc2cccc(c2)CN(C)CCCCCO3)cc1. The highest BCUT2D eigenvalue weighted by Gasteiger charge is 2.13. The average molecular weight is 473 g/mol. The fourth-order valence-electron chi connectivity index (χ4n) is 4.45. The molecule has 35 heavy (non-hydrogen) atoms. The van der Waals surface area contributed by atoms with E-state index in [4.69, 9.17) is 9.47 Å². The lowest BCUT2D eigenvalue weighted by Crippen LogP contribution is -2.23. The van der Waals surface area contributed by atoms with Gasteiger partial charge in [0, 0.05) is 25.1 Å². The first kappa shape index (κ1) is 24.8. The van der Waals surface area contributed by atoms with Gasteiger partial charge in [0.25, 0.3) is 5.91 Å². The maximum absolute atomic E-state index is 13.0. The fourth-order valence-corrected chi connectivity index (χ4v) is 4.45. The molecule has 0 spiro atoms. The zero-order valence-electron chi connectivity index (χ0n) is 20.9. The second-order valence-corrected chi connectivity index (χ2v) is 9.23. The molecule has 0 unspecified atom stereocenters. The van der Waals surface area contributed by atoms with E-state index in [2.05, 4.69) is 41.5 Å². The Balaban J connectivity index is 1.50. The molecule has 0 aromatic heterocycles. The minimum atomic E-state index is -0.0866. The van der Waals surface area contributed by atoms with Crippen LogP contribution in [0.15, 0.2) is 66.7 Å². The van der Waals surface area contributed by atoms with Crippen molar-refractivity contribution in [2.75, 3.05) is 26.8 Å². The number of carbonyl (C=O) groups excluding carboxylic acids is 1. The van der Waals surface area contributed by atoms with E-state index in [0.29, 0.717) is 25.3 Å². The number of carbonyl (C=O) groups is 1. The number of hydrogen-bond acceptors (Lipinski definition) is 4. The van der Waals surface area contributed by atoms with Gasteiger partial charge in [0.05, 0.1) is 13.2 Å². The van der Waals surface area contributed by atoms with Gasteiger partial charge in [-0.25, -0.2) is 0 Å². The third-order valence-electron chi connectivity index (χ3n) is 6.29. The summed E-state index contributed by atoms with van der Waals surface area (Å²) >= 11 is 0. The summed E-state index contributed by atoms with van der Waals surface area (Å²) < 4.78 is 11.7. The van der Waals surface area contributed by atoms with Crippen LogP contribution in [0.2, 0.25) is 0 Å². The number of hydrogen-bond donors (Lipinski definition) is 1. The summed E-state index contributed by atoms with van der Waals surface area (Å²) in [5, 5.41) is 3.04. The number of amides is 1. The highest BCUT2D eigenvalue weighted by Crippen LogP contribution is 2.25. The van der Waals surface area contributed by atoms with Crippen LogP contribution in [0.4, 0.5) is 0 Å². The van der Waals surface area contributed by atoms with Gasteiger partial charge < -0.3 is 19.7 Å². The summed E-state index contributed by atoms with van der Waals surface area (Å²) in [6.07, 6.45) is 4.07. The summed E-state index contributed by atoms with van der Waals surface area (Å²) in [5.41, 5.74) is 5.26. The van der Waals surface area contributed by atoms with E-state index >= 15 is 0 Å². The number of fused-ring (bicyclic) bond motifs is 3. The Morgan fingerprint density at radius 1 is 1.00 bits per heavy atom. The summed E-state index contributed by atoms with van der Waals surface area (Å²) in [4.78, 5) is 15.3. The number of ether oxygens (including phenoxy) is 2. The van der Waals surface area contributed by atoms with Crippen molar-refractivity contribution in [1.82, 2.24) is 10.2 Å². The van der Waals surface area contributed by atoms with Crippen molar-refractivity contribution < 1.29 is 14.3 Å². The Morgan fingerprint density at radius 2 is 1.83 bits per heavy atom. The highest BCUT2D eigenvalue weighted by atomic mass is 16.5. The number of rotatable bonds is 5. The normalized spacial score (nSPS) is 14.8. The molecule has 1 amide bonds. The standard InChI is InChI=1S/C30H36N2O3/c1-3-34-28-13-10-23(11-14-28)21-31-30(33)26-12-15-29-27(20-26)19-24-8-7-9-25(18-24)22-32(2)16-5-4-6-17-35-29/h7-15,18,20H,3-6,16-17,19,21-22H2,1-2H3,(H,31,33). The van der Waals surface area contributed by atoms with Crippen LogP contribution in [0.5, 0.6) is 11.5 Å². The first-order valence-corrected chi connectivity index (χ1v) is 12.6. The Bertz CT molecular complexity index is 1110. The average Bonchev–Trinajstić information content (AvgIpc) is 2.86. The topological polar surface area (TPSA) is 50.8 Å². The molecule has 1 aliphatic heterocycles. The third-order valence-corrected chi connectivity index (χ3v) is 6.29. The Hall–Kier alpha value is -3.31. The van der Waals surface area contributed by atoms with Gasteiger partial charge >= 0.3 is 0 Å². The summed E-state index contributed by atoms with van der Waals surface area (Å²) in [5.74, 6) is 1.62. The van der Waals surface area contributed by atoms with Gasteiger partial charge in [0.2, 0.25) is 0 Å². The van der Waals surface area contributed by atoms with Gasteiger partial charge in [-0.05, 0) is 92.4 Å². The second kappa shape index (κ2) is 12.4. The van der Waals surface area contributed by atoms with Crippen molar-refractivity contribution in [3.05, 3.63) is 94.5 Å². The second-order valence-electron chi connectivity index (χ2n) is 9.23. The predicted octanol–water partition coefficient (Wildman–Crippen LogP) is 5.60. The van der Waals surface area contributed by atoms with E-state index in [0.717, 1.165) is 55.0 Å². The van der Waals surface area contributed by atoms with Gasteiger partial charge in [-0.15, -0.1) is 0 Å². The molecule has 2 bridgehead atoms. The maximum atomic E-state index is 13.0. The monoisotopic (exact) mass is 472 g/mol. The minimum Gasteiger partial charge on any atom is -0.494 e. The smallest absolute Gasteiger partial charge is 0.251 e. The zero-order valence-corrected chi connectivity index (χ0v) is 20.9. The Kier molecular flexibility index (Phi) is 8.79. The first-order chi connectivity index (χ1) is 17.1. The molecule has 0 radical (unpaired) electrons. The molecule has 1 N–H and O–H groups in total. The van der Waals surface area contributed by atoms with Crippen LogP contribution in [-0.2, 0) is 19.5 Å². The molecular formula is C30H36N2O3. The molecule has 3 aromatic rings. The molecular weight excluding hydrogens is 436 g/mol. The van der Waals surface area contributed by atoms with E-state index in [9.17, 15) is 4.79 Å². The molecule has 0 atom stereocenters. The van der Waals surface area contributed by atoms with Crippen LogP contribution in [-0.4, -0.2) is 37.6 Å². The van der Waals surface area contributed by atoms with E-state index in [1.165, 1.54) is 17.5 Å². The number of nitrogens with one attached hydrogen (secondary N) is 1. The van der Waals surface area contributed by atoms with Crippen molar-refractivity contribution in [1.29, 1.82) is 0 Å². The van der Waals surface area contributed by atoms with Crippen LogP contribution in [0.3, 0.4) is 0 Å². The molecule has 0 saturated heterocycles. The molecule has 1 heterocycles. The van der Waals surface area contributed by atoms with Gasteiger partial charge in [-0.2, -0.15) is 0 Å². The van der Waals surface area contributed by atoms with Crippen molar-refractivity contribution in [3.63, 3.8) is 0 Å². The number of nitrogens with zero attached hydrogens (tertiary/aromatic N) is 1. The maximum Gasteiger partial charge on any atom is 0.251 e. The summed E-state index contributed by atoms with van der Waals surface area (Å²) in [6, 6.07) is 22.3. The molecule has 3 aromatic carbocycles. The van der Waals surface area contributed by atoms with Crippen molar-refractivity contribution in [2.24, 2.45) is 0 Å². The van der Waals surface area contributed by atoms with Crippen molar-refractivity contribution >= 4 is 5.91 Å². The summed E-state index contributed by atoms with van der Waals surface area (Å²) in [6.45, 7) is 5.81. The van der Waals surface area contributed by atoms with Crippen LogP contribution in [0.1, 0.15) is 58.8 Å². The van der Waals surface area contributed by atoms with Crippen LogP contribution >= 0.6 is 0 Å². The van der Waals surface area contributed by atoms with Gasteiger partial charge in [-0.1, -0.05) is 36.4 Å². The van der Waals surface area contributed by atoms with Crippen molar-refractivity contribution in [3.8, 4) is 11.5 Å². The largest absolute Gasteiger partial charge is 0.494 e. The Morgan fingerprint density at radius 3 is 2.66 bits per heavy atom. The fraction of sp³-hybridized carbons (Fsp3) is 0.367. The summed E-state index contributed by atoms with van der Waals surface area (Å²) in [7, 11) is 2.18. The molecule has 1 aliphatic rings. The molecule has 4 rings (SSSR count). The molecule has 0 aliphatic carbocycles. The van der Waals surface area contributed by atoms with Crippen molar-refractivity contribution in [2.45, 2.75) is 45.7 Å². The lowest BCUT2D eigenvalue weighted by molar-refractivity contribution is 0.0950. The number of benzene rings is 3.